The van der Waals surface area contributed by atoms with Crippen molar-refractivity contribution in [2.45, 2.75) is 43.6 Å². The van der Waals surface area contributed by atoms with Gasteiger partial charge in [-0.05, 0) is 28.7 Å². The van der Waals surface area contributed by atoms with Crippen molar-refractivity contribution < 1.29 is 0 Å². The maximum atomic E-state index is 12.5. The molecule has 0 radical (unpaired) electrons. The molecule has 0 atom stereocenters. The van der Waals surface area contributed by atoms with Crippen molar-refractivity contribution in [1.82, 2.24) is 24.1 Å². The zero-order chi connectivity index (χ0) is 24.4. The average Bonchev–Trinajstić information content (AvgIpc) is 3.25. The lowest BCUT2D eigenvalue weighted by atomic mass is 9.87. The number of benzene rings is 2. The lowest BCUT2D eigenvalue weighted by molar-refractivity contribution is 0.590. The SMILES string of the molecule is CC(C)(C)c1ccc(-c2nnc(SCc3cc(=O)n4ccccc4n3)n2Cc2ccccc2)cc1. The van der Waals surface area contributed by atoms with E-state index in [4.69, 9.17) is 0 Å². The van der Waals surface area contributed by atoms with Crippen LogP contribution in [0.3, 0.4) is 0 Å². The van der Waals surface area contributed by atoms with E-state index < -0.39 is 0 Å². The molecule has 0 saturated carbocycles. The topological polar surface area (TPSA) is 65.1 Å². The lowest BCUT2D eigenvalue weighted by Crippen LogP contribution is -2.14. The summed E-state index contributed by atoms with van der Waals surface area (Å²) in [5.74, 6) is 1.35. The Morgan fingerprint density at radius 2 is 1.63 bits per heavy atom. The summed E-state index contributed by atoms with van der Waals surface area (Å²) in [5, 5.41) is 9.88. The average molecular weight is 482 g/mol. The predicted molar refractivity (Wildman–Crippen MR) is 141 cm³/mol. The summed E-state index contributed by atoms with van der Waals surface area (Å²) in [4.78, 5) is 17.1. The van der Waals surface area contributed by atoms with Gasteiger partial charge < -0.3 is 0 Å². The summed E-state index contributed by atoms with van der Waals surface area (Å²) < 4.78 is 3.69. The highest BCUT2D eigenvalue weighted by Gasteiger charge is 2.18. The van der Waals surface area contributed by atoms with E-state index in [-0.39, 0.29) is 11.0 Å². The molecule has 0 aliphatic carbocycles. The first-order chi connectivity index (χ1) is 16.9. The van der Waals surface area contributed by atoms with Gasteiger partial charge in [-0.1, -0.05) is 93.2 Å². The second-order valence-electron chi connectivity index (χ2n) is 9.51. The molecule has 0 aliphatic heterocycles. The molecule has 6 nitrogen and oxygen atoms in total. The standard InChI is InChI=1S/C28H27N5OS/c1-28(2,3)22-14-12-21(13-15-22)26-30-31-27(33(26)18-20-9-5-4-6-10-20)35-19-23-17-25(34)32-16-8-7-11-24(32)29-23/h4-17H,18-19H2,1-3H3. The summed E-state index contributed by atoms with van der Waals surface area (Å²) in [5.41, 5.74) is 4.83. The fourth-order valence-electron chi connectivity index (χ4n) is 3.95. The van der Waals surface area contributed by atoms with Crippen LogP contribution in [0.1, 0.15) is 37.6 Å². The molecule has 5 aromatic rings. The van der Waals surface area contributed by atoms with Crippen LogP contribution in [0.15, 0.2) is 95.0 Å². The van der Waals surface area contributed by atoms with E-state index in [1.54, 1.807) is 16.7 Å². The number of fused-ring (bicyclic) bond motifs is 1. The van der Waals surface area contributed by atoms with Crippen molar-refractivity contribution in [3.05, 3.63) is 112 Å². The van der Waals surface area contributed by atoms with Gasteiger partial charge in [-0.25, -0.2) is 4.98 Å². The van der Waals surface area contributed by atoms with Gasteiger partial charge in [0.2, 0.25) is 0 Å². The summed E-state index contributed by atoms with van der Waals surface area (Å²) in [6, 6.07) is 26.0. The number of rotatable bonds is 6. The van der Waals surface area contributed by atoms with Gasteiger partial charge in [0.15, 0.2) is 11.0 Å². The highest BCUT2D eigenvalue weighted by atomic mass is 32.2. The molecule has 0 amide bonds. The number of nitrogens with zero attached hydrogens (tertiary/aromatic N) is 5. The Morgan fingerprint density at radius 1 is 0.886 bits per heavy atom. The first kappa shape index (κ1) is 23.1. The van der Waals surface area contributed by atoms with Crippen LogP contribution in [0, 0.1) is 0 Å². The number of aromatic nitrogens is 5. The second-order valence-corrected chi connectivity index (χ2v) is 10.5. The summed E-state index contributed by atoms with van der Waals surface area (Å²) in [7, 11) is 0. The zero-order valence-electron chi connectivity index (χ0n) is 20.0. The van der Waals surface area contributed by atoms with Crippen LogP contribution < -0.4 is 5.56 Å². The normalized spacial score (nSPS) is 11.7. The molecule has 0 unspecified atom stereocenters. The monoisotopic (exact) mass is 481 g/mol. The third-order valence-corrected chi connectivity index (χ3v) is 6.88. The molecule has 2 aromatic carbocycles. The Bertz CT molecular complexity index is 1520. The predicted octanol–water partition coefficient (Wildman–Crippen LogP) is 5.59. The molecule has 0 saturated heterocycles. The lowest BCUT2D eigenvalue weighted by Gasteiger charge is -2.19. The van der Waals surface area contributed by atoms with Crippen LogP contribution in [0.5, 0.6) is 0 Å². The minimum Gasteiger partial charge on any atom is -0.298 e. The van der Waals surface area contributed by atoms with Crippen LogP contribution in [-0.2, 0) is 17.7 Å². The first-order valence-electron chi connectivity index (χ1n) is 11.6. The molecule has 5 rings (SSSR count). The van der Waals surface area contributed by atoms with E-state index in [0.29, 0.717) is 17.9 Å². The Labute approximate surface area is 208 Å². The van der Waals surface area contributed by atoms with Gasteiger partial charge >= 0.3 is 0 Å². The van der Waals surface area contributed by atoms with Gasteiger partial charge in [0.25, 0.3) is 5.56 Å². The van der Waals surface area contributed by atoms with E-state index in [2.05, 4.69) is 76.9 Å². The first-order valence-corrected chi connectivity index (χ1v) is 12.6. The van der Waals surface area contributed by atoms with E-state index in [1.165, 1.54) is 22.9 Å². The molecule has 176 valence electrons. The third kappa shape index (κ3) is 5.05. The third-order valence-electron chi connectivity index (χ3n) is 5.88. The van der Waals surface area contributed by atoms with Crippen molar-refractivity contribution in [3.63, 3.8) is 0 Å². The minimum absolute atomic E-state index is 0.0861. The van der Waals surface area contributed by atoms with Crippen LogP contribution in [0.4, 0.5) is 0 Å². The van der Waals surface area contributed by atoms with Crippen molar-refractivity contribution in [2.24, 2.45) is 0 Å². The molecular formula is C28H27N5OS. The van der Waals surface area contributed by atoms with Gasteiger partial charge in [-0.3, -0.25) is 13.8 Å². The zero-order valence-corrected chi connectivity index (χ0v) is 20.9. The van der Waals surface area contributed by atoms with Crippen molar-refractivity contribution in [2.75, 3.05) is 0 Å². The molecular weight excluding hydrogens is 454 g/mol. The van der Waals surface area contributed by atoms with Gasteiger partial charge in [-0.15, -0.1) is 10.2 Å². The number of hydrogen-bond donors (Lipinski definition) is 0. The van der Waals surface area contributed by atoms with Gasteiger partial charge in [0.05, 0.1) is 12.2 Å². The maximum absolute atomic E-state index is 12.5. The summed E-state index contributed by atoms with van der Waals surface area (Å²) >= 11 is 1.54. The maximum Gasteiger partial charge on any atom is 0.258 e. The van der Waals surface area contributed by atoms with Crippen LogP contribution in [-0.4, -0.2) is 24.1 Å². The van der Waals surface area contributed by atoms with E-state index >= 15 is 0 Å². The molecule has 0 N–H and O–H groups in total. The van der Waals surface area contributed by atoms with E-state index in [0.717, 1.165) is 22.2 Å². The van der Waals surface area contributed by atoms with Crippen LogP contribution >= 0.6 is 11.8 Å². The van der Waals surface area contributed by atoms with E-state index in [1.807, 2.05) is 36.4 Å². The summed E-state index contributed by atoms with van der Waals surface area (Å²) in [6.07, 6.45) is 1.73. The molecule has 35 heavy (non-hydrogen) atoms. The number of thioether (sulfide) groups is 1. The van der Waals surface area contributed by atoms with Crippen LogP contribution in [0.2, 0.25) is 0 Å². The Hall–Kier alpha value is -3.71. The molecule has 7 heteroatoms. The van der Waals surface area contributed by atoms with Gasteiger partial charge in [-0.2, -0.15) is 0 Å². The minimum atomic E-state index is -0.0865. The Morgan fingerprint density at radius 3 is 2.37 bits per heavy atom. The Balaban J connectivity index is 1.47. The van der Waals surface area contributed by atoms with Crippen molar-refractivity contribution in [3.8, 4) is 11.4 Å². The fourth-order valence-corrected chi connectivity index (χ4v) is 4.78. The smallest absolute Gasteiger partial charge is 0.258 e. The molecule has 3 aromatic heterocycles. The molecule has 0 fully saturated rings. The fraction of sp³-hybridized carbons (Fsp3) is 0.214. The second kappa shape index (κ2) is 9.50. The molecule has 0 bridgehead atoms. The molecule has 0 aliphatic rings. The van der Waals surface area contributed by atoms with Crippen molar-refractivity contribution in [1.29, 1.82) is 0 Å². The van der Waals surface area contributed by atoms with E-state index in [9.17, 15) is 4.79 Å². The Kier molecular flexibility index (Phi) is 6.26. The highest BCUT2D eigenvalue weighted by Crippen LogP contribution is 2.29. The van der Waals surface area contributed by atoms with Crippen molar-refractivity contribution >= 4 is 17.4 Å². The molecule has 0 spiro atoms. The molecule has 3 heterocycles. The van der Waals surface area contributed by atoms with Gasteiger partial charge in [0.1, 0.15) is 5.65 Å². The largest absolute Gasteiger partial charge is 0.298 e. The van der Waals surface area contributed by atoms with Gasteiger partial charge in [0, 0.05) is 23.6 Å². The van der Waals surface area contributed by atoms with Crippen LogP contribution in [0.25, 0.3) is 17.0 Å². The number of hydrogen-bond acceptors (Lipinski definition) is 5. The summed E-state index contributed by atoms with van der Waals surface area (Å²) in [6.45, 7) is 7.28. The highest BCUT2D eigenvalue weighted by molar-refractivity contribution is 7.98. The number of pyridine rings is 1. The quantitative estimate of drug-likeness (QED) is 0.296.